The van der Waals surface area contributed by atoms with Crippen molar-refractivity contribution in [2.75, 3.05) is 132 Å². The molecular weight excluding hydrogens is 672 g/mol. The third-order valence-corrected chi connectivity index (χ3v) is 7.91. The average molecular weight is 751 g/mol. The maximum absolute atomic E-state index is 11.9. The molecule has 0 saturated heterocycles. The van der Waals surface area contributed by atoms with Crippen molar-refractivity contribution in [1.29, 1.82) is 0 Å². The van der Waals surface area contributed by atoms with Crippen molar-refractivity contribution in [1.82, 2.24) is 0 Å². The van der Waals surface area contributed by atoms with E-state index in [9.17, 15) is 4.79 Å². The molecule has 0 heterocycles. The summed E-state index contributed by atoms with van der Waals surface area (Å²) in [5.41, 5.74) is 0. The summed E-state index contributed by atoms with van der Waals surface area (Å²) in [4.78, 5) is 11.9. The molecular formula is C40H78O12. The Morgan fingerprint density at radius 3 is 0.904 bits per heavy atom. The lowest BCUT2D eigenvalue weighted by Crippen LogP contribution is -2.15. The second-order valence-electron chi connectivity index (χ2n) is 12.5. The number of hydrogen-bond donors (Lipinski definition) is 0. The summed E-state index contributed by atoms with van der Waals surface area (Å²) < 4.78 is 59.3. The van der Waals surface area contributed by atoms with Crippen LogP contribution in [0.4, 0.5) is 0 Å². The Morgan fingerprint density at radius 2 is 0.615 bits per heavy atom. The summed E-state index contributed by atoms with van der Waals surface area (Å²) in [6.07, 6.45) is 21.6. The van der Waals surface area contributed by atoms with E-state index in [1.165, 1.54) is 89.7 Å². The molecule has 0 aliphatic carbocycles. The van der Waals surface area contributed by atoms with Crippen molar-refractivity contribution in [3.05, 3.63) is 12.8 Å². The molecule has 0 rings (SSSR count). The average Bonchev–Trinajstić information content (AvgIpc) is 3.15. The van der Waals surface area contributed by atoms with Crippen LogP contribution in [0.25, 0.3) is 0 Å². The Labute approximate surface area is 317 Å². The van der Waals surface area contributed by atoms with Crippen LogP contribution in [0.2, 0.25) is 0 Å². The molecule has 12 heteroatoms. The van der Waals surface area contributed by atoms with E-state index in [1.807, 2.05) is 0 Å². The molecule has 12 nitrogen and oxygen atoms in total. The van der Waals surface area contributed by atoms with Crippen molar-refractivity contribution in [3.8, 4) is 0 Å². The second kappa shape index (κ2) is 47.7. The highest BCUT2D eigenvalue weighted by Crippen LogP contribution is 2.13. The largest absolute Gasteiger partial charge is 0.499 e. The van der Waals surface area contributed by atoms with Crippen molar-refractivity contribution in [2.24, 2.45) is 0 Å². The van der Waals surface area contributed by atoms with E-state index in [0.29, 0.717) is 139 Å². The van der Waals surface area contributed by atoms with Crippen LogP contribution in [0.3, 0.4) is 0 Å². The number of unbranched alkanes of at least 4 members (excludes halogenated alkanes) is 14. The van der Waals surface area contributed by atoms with Crippen LogP contribution >= 0.6 is 0 Å². The minimum Gasteiger partial charge on any atom is -0.499 e. The van der Waals surface area contributed by atoms with Gasteiger partial charge >= 0.3 is 5.97 Å². The summed E-state index contributed by atoms with van der Waals surface area (Å²) in [5, 5.41) is 0. The fourth-order valence-electron chi connectivity index (χ4n) is 4.98. The van der Waals surface area contributed by atoms with Gasteiger partial charge in [0.2, 0.25) is 0 Å². The molecule has 0 fully saturated rings. The van der Waals surface area contributed by atoms with Gasteiger partial charge in [0, 0.05) is 6.42 Å². The van der Waals surface area contributed by atoms with E-state index in [1.54, 1.807) is 0 Å². The second-order valence-corrected chi connectivity index (χ2v) is 12.5. The highest BCUT2D eigenvalue weighted by atomic mass is 16.6. The Hall–Kier alpha value is -1.35. The summed E-state index contributed by atoms with van der Waals surface area (Å²) in [5.74, 6) is -0.130. The first-order valence-corrected chi connectivity index (χ1v) is 20.4. The molecule has 0 spiro atoms. The van der Waals surface area contributed by atoms with Crippen molar-refractivity contribution < 1.29 is 56.9 Å². The van der Waals surface area contributed by atoms with Crippen LogP contribution in [-0.2, 0) is 56.9 Å². The van der Waals surface area contributed by atoms with Gasteiger partial charge in [0.05, 0.1) is 125 Å². The molecule has 0 atom stereocenters. The molecule has 0 bridgehead atoms. The number of esters is 1. The van der Waals surface area contributed by atoms with Gasteiger partial charge in [-0.05, 0) is 6.42 Å². The zero-order valence-electron chi connectivity index (χ0n) is 33.1. The molecule has 0 aliphatic heterocycles. The first-order chi connectivity index (χ1) is 25.8. The quantitative estimate of drug-likeness (QED) is 0.0359. The number of ether oxygens (including phenoxy) is 11. The fraction of sp³-hybridized carbons (Fsp3) is 0.925. The molecule has 310 valence electrons. The van der Waals surface area contributed by atoms with E-state index in [0.717, 1.165) is 12.8 Å². The van der Waals surface area contributed by atoms with E-state index < -0.39 is 0 Å². The number of carbonyl (C=O) groups is 1. The maximum Gasteiger partial charge on any atom is 0.305 e. The molecule has 0 aromatic rings. The van der Waals surface area contributed by atoms with E-state index >= 15 is 0 Å². The lowest BCUT2D eigenvalue weighted by atomic mass is 10.0. The summed E-state index contributed by atoms with van der Waals surface area (Å²) >= 11 is 0. The smallest absolute Gasteiger partial charge is 0.305 e. The van der Waals surface area contributed by atoms with Gasteiger partial charge < -0.3 is 52.1 Å². The highest BCUT2D eigenvalue weighted by molar-refractivity contribution is 5.69. The number of carbonyl (C=O) groups excluding carboxylic acids is 1. The molecule has 0 aliphatic rings. The minimum atomic E-state index is -0.130. The van der Waals surface area contributed by atoms with E-state index in [-0.39, 0.29) is 5.97 Å². The van der Waals surface area contributed by atoms with Gasteiger partial charge in [0.1, 0.15) is 13.2 Å². The molecule has 0 saturated carbocycles. The van der Waals surface area contributed by atoms with Crippen molar-refractivity contribution in [3.63, 3.8) is 0 Å². The topological polar surface area (TPSA) is 119 Å². The van der Waals surface area contributed by atoms with Crippen LogP contribution in [0, 0.1) is 0 Å². The minimum absolute atomic E-state index is 0.130. The molecule has 0 unspecified atom stereocenters. The van der Waals surface area contributed by atoms with Crippen molar-refractivity contribution >= 4 is 5.97 Å². The predicted molar refractivity (Wildman–Crippen MR) is 204 cm³/mol. The Bertz CT molecular complexity index is 685. The molecule has 0 amide bonds. The van der Waals surface area contributed by atoms with Crippen molar-refractivity contribution in [2.45, 2.75) is 110 Å². The Morgan fingerprint density at radius 1 is 0.365 bits per heavy atom. The molecule has 0 aromatic heterocycles. The van der Waals surface area contributed by atoms with E-state index in [4.69, 9.17) is 52.1 Å². The predicted octanol–water partition coefficient (Wildman–Crippen LogP) is 7.10. The van der Waals surface area contributed by atoms with Crippen LogP contribution in [0.5, 0.6) is 0 Å². The zero-order chi connectivity index (χ0) is 37.5. The van der Waals surface area contributed by atoms with E-state index in [2.05, 4.69) is 13.5 Å². The molecule has 0 N–H and O–H groups in total. The van der Waals surface area contributed by atoms with Crippen LogP contribution in [0.1, 0.15) is 110 Å². The van der Waals surface area contributed by atoms with Crippen LogP contribution in [-0.4, -0.2) is 138 Å². The first kappa shape index (κ1) is 50.6. The number of rotatable bonds is 47. The van der Waals surface area contributed by atoms with Gasteiger partial charge in [0.15, 0.2) is 0 Å². The standard InChI is InChI=1S/C40H78O12/c1-3-5-6-7-8-9-10-11-12-13-14-15-16-17-18-19-40(41)52-39-38-51-37-36-50-35-34-49-33-32-48-31-30-47-29-28-46-27-26-45-25-24-44-23-22-43-21-20-42-4-2/h4H,2-3,5-39H2,1H3. The zero-order valence-corrected chi connectivity index (χ0v) is 33.1. The lowest BCUT2D eigenvalue weighted by molar-refractivity contribution is -0.145. The van der Waals surface area contributed by atoms with Gasteiger partial charge in [-0.15, -0.1) is 0 Å². The van der Waals surface area contributed by atoms with Gasteiger partial charge in [-0.1, -0.05) is 103 Å². The van der Waals surface area contributed by atoms with Gasteiger partial charge in [-0.2, -0.15) is 0 Å². The van der Waals surface area contributed by atoms with Crippen LogP contribution < -0.4 is 0 Å². The SMILES string of the molecule is C=COCCOCCOCCOCCOCCOCCOCCOCCOCCOCCOC(=O)CCCCCCCCCCCCCCCCC. The van der Waals surface area contributed by atoms with Crippen LogP contribution in [0.15, 0.2) is 12.8 Å². The third kappa shape index (κ3) is 46.7. The monoisotopic (exact) mass is 751 g/mol. The Balaban J connectivity index is 3.13. The fourth-order valence-corrected chi connectivity index (χ4v) is 4.98. The van der Waals surface area contributed by atoms with Gasteiger partial charge in [0.25, 0.3) is 0 Å². The van der Waals surface area contributed by atoms with Gasteiger partial charge in [-0.25, -0.2) is 0 Å². The normalized spacial score (nSPS) is 11.3. The highest BCUT2D eigenvalue weighted by Gasteiger charge is 2.03. The molecule has 0 aromatic carbocycles. The summed E-state index contributed by atoms with van der Waals surface area (Å²) in [6.45, 7) is 15.5. The molecule has 0 radical (unpaired) electrons. The first-order valence-electron chi connectivity index (χ1n) is 20.4. The third-order valence-electron chi connectivity index (χ3n) is 7.91. The number of hydrogen-bond acceptors (Lipinski definition) is 12. The summed E-state index contributed by atoms with van der Waals surface area (Å²) in [7, 11) is 0. The molecule has 52 heavy (non-hydrogen) atoms. The lowest BCUT2D eigenvalue weighted by Gasteiger charge is -2.09. The maximum atomic E-state index is 11.9. The van der Waals surface area contributed by atoms with Gasteiger partial charge in [-0.3, -0.25) is 4.79 Å². The summed E-state index contributed by atoms with van der Waals surface area (Å²) in [6, 6.07) is 0. The Kier molecular flexibility index (Phi) is 46.4.